The lowest BCUT2D eigenvalue weighted by atomic mass is 10.2. The Labute approximate surface area is 200 Å². The number of likely N-dealkylation sites (N-methyl/N-ethyl adjacent to an activating group) is 2. The zero-order valence-corrected chi connectivity index (χ0v) is 20.6. The summed E-state index contributed by atoms with van der Waals surface area (Å²) in [6.07, 6.45) is 1.41. The van der Waals surface area contributed by atoms with E-state index in [1.807, 2.05) is 31.1 Å². The minimum absolute atomic E-state index is 0.0331. The van der Waals surface area contributed by atoms with Crippen molar-refractivity contribution in [2.75, 3.05) is 50.6 Å². The minimum atomic E-state index is -3.30. The van der Waals surface area contributed by atoms with Crippen molar-refractivity contribution in [2.24, 2.45) is 0 Å². The monoisotopic (exact) mass is 482 g/mol. The molecule has 0 atom stereocenters. The van der Waals surface area contributed by atoms with E-state index < -0.39 is 9.84 Å². The molecule has 0 unspecified atom stereocenters. The molecule has 0 radical (unpaired) electrons. The molecule has 0 spiro atoms. The van der Waals surface area contributed by atoms with Crippen LogP contribution in [0.2, 0.25) is 0 Å². The van der Waals surface area contributed by atoms with Crippen molar-refractivity contribution < 1.29 is 13.2 Å². The standard InChI is InChI=1S/C24H30N6O3S/c1-5-34(32,33)21-8-6-7-20(15-21)28-23-16-22(25-17-26-23)27-19-11-9-18(10-12-19)24(31)30(4)14-13-29(2)3/h6-12,15-17H,5,13-14H2,1-4H3,(H2,25,26,27,28). The second-order valence-corrected chi connectivity index (χ2v) is 10.4. The van der Waals surface area contributed by atoms with Crippen molar-refractivity contribution in [1.82, 2.24) is 19.8 Å². The van der Waals surface area contributed by atoms with Gasteiger partial charge < -0.3 is 20.4 Å². The highest BCUT2D eigenvalue weighted by atomic mass is 32.2. The summed E-state index contributed by atoms with van der Waals surface area (Å²) in [5.74, 6) is 1.07. The van der Waals surface area contributed by atoms with E-state index in [0.29, 0.717) is 29.4 Å². The fraction of sp³-hybridized carbons (Fsp3) is 0.292. The van der Waals surface area contributed by atoms with Crippen LogP contribution in [0.3, 0.4) is 0 Å². The summed E-state index contributed by atoms with van der Waals surface area (Å²) in [5.41, 5.74) is 1.99. The molecule has 1 amide bonds. The molecular weight excluding hydrogens is 452 g/mol. The number of rotatable bonds is 10. The van der Waals surface area contributed by atoms with Gasteiger partial charge in [-0.25, -0.2) is 18.4 Å². The lowest BCUT2D eigenvalue weighted by Crippen LogP contribution is -2.33. The summed E-state index contributed by atoms with van der Waals surface area (Å²) in [4.78, 5) is 25.0. The summed E-state index contributed by atoms with van der Waals surface area (Å²) in [5, 5.41) is 6.31. The van der Waals surface area contributed by atoms with Crippen molar-refractivity contribution in [3.8, 4) is 0 Å². The Morgan fingerprint density at radius 2 is 1.53 bits per heavy atom. The van der Waals surface area contributed by atoms with Crippen LogP contribution >= 0.6 is 0 Å². The molecule has 3 aromatic rings. The first kappa shape index (κ1) is 25.1. The molecule has 180 valence electrons. The maximum absolute atomic E-state index is 12.6. The SMILES string of the molecule is CCS(=O)(=O)c1cccc(Nc2cc(Nc3ccc(C(=O)N(C)CCN(C)C)cc3)ncn2)c1. The van der Waals surface area contributed by atoms with Gasteiger partial charge in [-0.3, -0.25) is 4.79 Å². The molecule has 0 aliphatic carbocycles. The van der Waals surface area contributed by atoms with Crippen LogP contribution in [0.1, 0.15) is 17.3 Å². The second-order valence-electron chi connectivity index (χ2n) is 8.08. The normalized spacial score (nSPS) is 11.3. The van der Waals surface area contributed by atoms with Crippen LogP contribution in [-0.2, 0) is 9.84 Å². The van der Waals surface area contributed by atoms with Crippen LogP contribution in [0.5, 0.6) is 0 Å². The van der Waals surface area contributed by atoms with Gasteiger partial charge in [-0.1, -0.05) is 13.0 Å². The molecule has 34 heavy (non-hydrogen) atoms. The Balaban J connectivity index is 1.67. The molecule has 0 saturated heterocycles. The molecule has 0 bridgehead atoms. The van der Waals surface area contributed by atoms with Gasteiger partial charge in [-0.2, -0.15) is 0 Å². The largest absolute Gasteiger partial charge is 0.340 e. The number of carbonyl (C=O) groups excluding carboxylic acids is 1. The van der Waals surface area contributed by atoms with E-state index in [0.717, 1.165) is 12.2 Å². The number of sulfone groups is 1. The molecule has 10 heteroatoms. The molecule has 3 rings (SSSR count). The number of aromatic nitrogens is 2. The lowest BCUT2D eigenvalue weighted by molar-refractivity contribution is 0.0786. The highest BCUT2D eigenvalue weighted by molar-refractivity contribution is 7.91. The third kappa shape index (κ3) is 6.75. The fourth-order valence-corrected chi connectivity index (χ4v) is 4.02. The van der Waals surface area contributed by atoms with Crippen LogP contribution in [-0.4, -0.2) is 74.1 Å². The van der Waals surface area contributed by atoms with Gasteiger partial charge in [0.15, 0.2) is 9.84 Å². The van der Waals surface area contributed by atoms with Gasteiger partial charge >= 0.3 is 0 Å². The molecule has 2 aromatic carbocycles. The zero-order chi connectivity index (χ0) is 24.7. The number of carbonyl (C=O) groups is 1. The smallest absolute Gasteiger partial charge is 0.253 e. The van der Waals surface area contributed by atoms with E-state index in [-0.39, 0.29) is 16.6 Å². The third-order valence-electron chi connectivity index (χ3n) is 5.15. The Kier molecular flexibility index (Phi) is 8.19. The van der Waals surface area contributed by atoms with Crippen LogP contribution in [0, 0.1) is 0 Å². The lowest BCUT2D eigenvalue weighted by Gasteiger charge is -2.19. The summed E-state index contributed by atoms with van der Waals surface area (Å²) in [6, 6.07) is 15.5. The van der Waals surface area contributed by atoms with Gasteiger partial charge in [0.05, 0.1) is 10.6 Å². The molecule has 0 aliphatic heterocycles. The zero-order valence-electron chi connectivity index (χ0n) is 19.8. The van der Waals surface area contributed by atoms with Crippen molar-refractivity contribution in [1.29, 1.82) is 0 Å². The Bertz CT molecular complexity index is 1230. The first-order valence-corrected chi connectivity index (χ1v) is 12.5. The van der Waals surface area contributed by atoms with Crippen LogP contribution < -0.4 is 10.6 Å². The average molecular weight is 483 g/mol. The molecule has 0 fully saturated rings. The van der Waals surface area contributed by atoms with E-state index in [9.17, 15) is 13.2 Å². The quantitative estimate of drug-likeness (QED) is 0.453. The van der Waals surface area contributed by atoms with E-state index in [1.165, 1.54) is 6.33 Å². The Morgan fingerprint density at radius 1 is 0.882 bits per heavy atom. The molecule has 0 aliphatic rings. The number of benzene rings is 2. The average Bonchev–Trinajstić information content (AvgIpc) is 2.83. The molecule has 1 heterocycles. The number of anilines is 4. The van der Waals surface area contributed by atoms with Crippen LogP contribution in [0.25, 0.3) is 0 Å². The predicted molar refractivity (Wildman–Crippen MR) is 135 cm³/mol. The molecule has 1 aromatic heterocycles. The van der Waals surface area contributed by atoms with Crippen molar-refractivity contribution in [3.05, 3.63) is 66.5 Å². The second kappa shape index (κ2) is 11.1. The summed E-state index contributed by atoms with van der Waals surface area (Å²) >= 11 is 0. The van der Waals surface area contributed by atoms with Gasteiger partial charge in [0, 0.05) is 43.1 Å². The fourth-order valence-electron chi connectivity index (χ4n) is 3.09. The van der Waals surface area contributed by atoms with Gasteiger partial charge in [0.1, 0.15) is 18.0 Å². The van der Waals surface area contributed by atoms with E-state index in [2.05, 4.69) is 20.6 Å². The number of hydrogen-bond acceptors (Lipinski definition) is 8. The number of nitrogens with zero attached hydrogens (tertiary/aromatic N) is 4. The number of amides is 1. The summed E-state index contributed by atoms with van der Waals surface area (Å²) in [7, 11) is 2.44. The molecule has 0 saturated carbocycles. The number of nitrogens with one attached hydrogen (secondary N) is 2. The first-order chi connectivity index (χ1) is 16.2. The van der Waals surface area contributed by atoms with Crippen LogP contribution in [0.4, 0.5) is 23.0 Å². The highest BCUT2D eigenvalue weighted by Gasteiger charge is 2.13. The van der Waals surface area contributed by atoms with E-state index in [1.54, 1.807) is 61.3 Å². The minimum Gasteiger partial charge on any atom is -0.340 e. The van der Waals surface area contributed by atoms with Gasteiger partial charge in [0.25, 0.3) is 5.91 Å². The van der Waals surface area contributed by atoms with Gasteiger partial charge in [-0.05, 0) is 56.6 Å². The van der Waals surface area contributed by atoms with Crippen LogP contribution in [0.15, 0.2) is 65.8 Å². The maximum Gasteiger partial charge on any atom is 0.253 e. The van der Waals surface area contributed by atoms with Crippen molar-refractivity contribution in [3.63, 3.8) is 0 Å². The molecule has 2 N–H and O–H groups in total. The van der Waals surface area contributed by atoms with E-state index in [4.69, 9.17) is 0 Å². The van der Waals surface area contributed by atoms with Crippen molar-refractivity contribution >= 4 is 38.8 Å². The Morgan fingerprint density at radius 3 is 2.15 bits per heavy atom. The summed E-state index contributed by atoms with van der Waals surface area (Å²) < 4.78 is 24.3. The Hall–Kier alpha value is -3.50. The first-order valence-electron chi connectivity index (χ1n) is 10.9. The number of hydrogen-bond donors (Lipinski definition) is 2. The third-order valence-corrected chi connectivity index (χ3v) is 6.88. The van der Waals surface area contributed by atoms with Gasteiger partial charge in [0.2, 0.25) is 0 Å². The van der Waals surface area contributed by atoms with Gasteiger partial charge in [-0.15, -0.1) is 0 Å². The predicted octanol–water partition coefficient (Wildman–Crippen LogP) is 3.39. The van der Waals surface area contributed by atoms with Crippen molar-refractivity contribution in [2.45, 2.75) is 11.8 Å². The van der Waals surface area contributed by atoms with E-state index >= 15 is 0 Å². The summed E-state index contributed by atoms with van der Waals surface area (Å²) in [6.45, 7) is 3.06. The molecular formula is C24H30N6O3S. The maximum atomic E-state index is 12.6. The molecule has 9 nitrogen and oxygen atoms in total. The topological polar surface area (TPSA) is 108 Å². The highest BCUT2D eigenvalue weighted by Crippen LogP contribution is 2.22.